The Kier molecular flexibility index (Phi) is 3.80. The van der Waals surface area contributed by atoms with E-state index >= 15 is 0 Å². The number of anilines is 2. The van der Waals surface area contributed by atoms with Crippen LogP contribution in [0.25, 0.3) is 5.65 Å². The lowest BCUT2D eigenvalue weighted by Gasteiger charge is -2.16. The Morgan fingerprint density at radius 2 is 2.04 bits per heavy atom. The van der Waals surface area contributed by atoms with E-state index in [-0.39, 0.29) is 0 Å². The maximum absolute atomic E-state index is 4.61. The minimum atomic E-state index is 0.806. The van der Waals surface area contributed by atoms with Crippen LogP contribution in [0.5, 0.6) is 0 Å². The molecule has 0 amide bonds. The van der Waals surface area contributed by atoms with E-state index in [0.29, 0.717) is 0 Å². The van der Waals surface area contributed by atoms with Gasteiger partial charge in [-0.1, -0.05) is 6.07 Å². The molecular weight excluding hydrogens is 288 g/mol. The highest BCUT2D eigenvalue weighted by molar-refractivity contribution is 5.49. The number of hydrogen-bond donors (Lipinski definition) is 1. The molecule has 1 fully saturated rings. The molecule has 3 aromatic rings. The molecule has 3 aromatic heterocycles. The van der Waals surface area contributed by atoms with E-state index in [0.717, 1.165) is 49.0 Å². The third kappa shape index (κ3) is 3.11. The van der Waals surface area contributed by atoms with Crippen molar-refractivity contribution >= 4 is 17.3 Å². The molecule has 0 atom stereocenters. The molecule has 0 aliphatic carbocycles. The first-order valence-electron chi connectivity index (χ1n) is 8.12. The third-order valence-corrected chi connectivity index (χ3v) is 4.18. The highest BCUT2D eigenvalue weighted by atomic mass is 15.2. The predicted octanol–water partition coefficient (Wildman–Crippen LogP) is 2.38. The van der Waals surface area contributed by atoms with E-state index in [1.165, 1.54) is 12.8 Å². The van der Waals surface area contributed by atoms with Gasteiger partial charge in [0, 0.05) is 44.5 Å². The molecule has 4 rings (SSSR count). The zero-order chi connectivity index (χ0) is 15.5. The van der Waals surface area contributed by atoms with Gasteiger partial charge in [0.25, 0.3) is 0 Å². The Labute approximate surface area is 135 Å². The van der Waals surface area contributed by atoms with Crippen molar-refractivity contribution in [2.75, 3.05) is 29.9 Å². The molecule has 0 unspecified atom stereocenters. The van der Waals surface area contributed by atoms with Gasteiger partial charge in [0.15, 0.2) is 0 Å². The van der Waals surface area contributed by atoms with Crippen molar-refractivity contribution in [2.24, 2.45) is 0 Å². The zero-order valence-corrected chi connectivity index (χ0v) is 13.0. The summed E-state index contributed by atoms with van der Waals surface area (Å²) in [6, 6.07) is 8.07. The summed E-state index contributed by atoms with van der Waals surface area (Å²) in [4.78, 5) is 15.6. The van der Waals surface area contributed by atoms with Crippen LogP contribution in [-0.2, 0) is 6.42 Å². The average Bonchev–Trinajstić information content (AvgIpc) is 3.24. The van der Waals surface area contributed by atoms with Crippen molar-refractivity contribution in [3.63, 3.8) is 0 Å². The second-order valence-electron chi connectivity index (χ2n) is 5.83. The fraction of sp³-hybridized carbons (Fsp3) is 0.353. The summed E-state index contributed by atoms with van der Waals surface area (Å²) in [5.74, 6) is 1.90. The lowest BCUT2D eigenvalue weighted by atomic mass is 10.3. The van der Waals surface area contributed by atoms with Crippen LogP contribution < -0.4 is 10.2 Å². The van der Waals surface area contributed by atoms with Crippen LogP contribution in [-0.4, -0.2) is 39.0 Å². The maximum Gasteiger partial charge on any atom is 0.136 e. The molecule has 23 heavy (non-hydrogen) atoms. The number of fused-ring (bicyclic) bond motifs is 1. The van der Waals surface area contributed by atoms with Crippen molar-refractivity contribution in [3.8, 4) is 0 Å². The number of pyridine rings is 1. The standard InChI is InChI=1S/C17H20N6/c1-2-10-23-12-14(21-16(23)5-1)6-7-18-15-11-17(20-13-19-15)22-8-3-4-9-22/h1-2,5,10-13H,3-4,6-9H2,(H,18,19,20). The summed E-state index contributed by atoms with van der Waals surface area (Å²) in [7, 11) is 0. The SMILES string of the molecule is c1ccn2cc(CCNc3cc(N4CCCC4)ncn3)nc2c1. The van der Waals surface area contributed by atoms with Crippen LogP contribution in [0.1, 0.15) is 18.5 Å². The summed E-state index contributed by atoms with van der Waals surface area (Å²) in [5.41, 5.74) is 2.07. The highest BCUT2D eigenvalue weighted by Crippen LogP contribution is 2.19. The van der Waals surface area contributed by atoms with E-state index in [9.17, 15) is 0 Å². The van der Waals surface area contributed by atoms with E-state index in [4.69, 9.17) is 0 Å². The van der Waals surface area contributed by atoms with Crippen molar-refractivity contribution in [2.45, 2.75) is 19.3 Å². The molecule has 0 radical (unpaired) electrons. The van der Waals surface area contributed by atoms with Gasteiger partial charge in [0.2, 0.25) is 0 Å². The van der Waals surface area contributed by atoms with Crippen LogP contribution in [0.3, 0.4) is 0 Å². The quantitative estimate of drug-likeness (QED) is 0.784. The molecule has 1 saturated heterocycles. The molecule has 1 aliphatic rings. The minimum absolute atomic E-state index is 0.806. The maximum atomic E-state index is 4.61. The average molecular weight is 308 g/mol. The van der Waals surface area contributed by atoms with E-state index in [1.807, 2.05) is 34.9 Å². The van der Waals surface area contributed by atoms with Gasteiger partial charge in [0.05, 0.1) is 5.69 Å². The van der Waals surface area contributed by atoms with E-state index < -0.39 is 0 Å². The van der Waals surface area contributed by atoms with Crippen LogP contribution in [0.15, 0.2) is 43.0 Å². The molecule has 4 heterocycles. The second-order valence-corrected chi connectivity index (χ2v) is 5.83. The summed E-state index contributed by atoms with van der Waals surface area (Å²) < 4.78 is 2.05. The zero-order valence-electron chi connectivity index (χ0n) is 13.0. The Balaban J connectivity index is 1.38. The molecule has 0 spiro atoms. The van der Waals surface area contributed by atoms with Crippen LogP contribution >= 0.6 is 0 Å². The highest BCUT2D eigenvalue weighted by Gasteiger charge is 2.13. The first-order valence-corrected chi connectivity index (χ1v) is 8.12. The molecule has 1 N–H and O–H groups in total. The number of nitrogens with zero attached hydrogens (tertiary/aromatic N) is 5. The lowest BCUT2D eigenvalue weighted by Crippen LogP contribution is -2.19. The van der Waals surface area contributed by atoms with Crippen molar-refractivity contribution < 1.29 is 0 Å². The lowest BCUT2D eigenvalue weighted by molar-refractivity contribution is 0.920. The van der Waals surface area contributed by atoms with Crippen LogP contribution in [0.4, 0.5) is 11.6 Å². The molecule has 0 bridgehead atoms. The van der Waals surface area contributed by atoms with Gasteiger partial charge in [-0.2, -0.15) is 0 Å². The normalized spacial score (nSPS) is 14.5. The van der Waals surface area contributed by atoms with Gasteiger partial charge >= 0.3 is 0 Å². The Morgan fingerprint density at radius 1 is 1.13 bits per heavy atom. The first kappa shape index (κ1) is 14.0. The third-order valence-electron chi connectivity index (χ3n) is 4.18. The van der Waals surface area contributed by atoms with Crippen molar-refractivity contribution in [3.05, 3.63) is 48.7 Å². The Hall–Kier alpha value is -2.63. The van der Waals surface area contributed by atoms with Crippen LogP contribution in [0, 0.1) is 0 Å². The smallest absolute Gasteiger partial charge is 0.136 e. The molecule has 0 aromatic carbocycles. The molecule has 1 aliphatic heterocycles. The number of hydrogen-bond acceptors (Lipinski definition) is 5. The predicted molar refractivity (Wildman–Crippen MR) is 90.9 cm³/mol. The summed E-state index contributed by atoms with van der Waals surface area (Å²) >= 11 is 0. The summed E-state index contributed by atoms with van der Waals surface area (Å²) in [5, 5.41) is 3.37. The Morgan fingerprint density at radius 3 is 2.91 bits per heavy atom. The topological polar surface area (TPSA) is 58.4 Å². The summed E-state index contributed by atoms with van der Waals surface area (Å²) in [6.07, 6.45) is 9.10. The van der Waals surface area contributed by atoms with Crippen LogP contribution in [0.2, 0.25) is 0 Å². The first-order chi connectivity index (χ1) is 11.4. The van der Waals surface area contributed by atoms with Gasteiger partial charge in [0.1, 0.15) is 23.6 Å². The Bertz CT molecular complexity index is 757. The monoisotopic (exact) mass is 308 g/mol. The van der Waals surface area contributed by atoms with Gasteiger partial charge in [-0.3, -0.25) is 0 Å². The molecule has 6 nitrogen and oxygen atoms in total. The van der Waals surface area contributed by atoms with Gasteiger partial charge in [-0.05, 0) is 25.0 Å². The second kappa shape index (κ2) is 6.24. The molecule has 6 heteroatoms. The van der Waals surface area contributed by atoms with Crippen molar-refractivity contribution in [1.82, 2.24) is 19.4 Å². The van der Waals surface area contributed by atoms with Gasteiger partial charge < -0.3 is 14.6 Å². The number of rotatable bonds is 5. The fourth-order valence-electron chi connectivity index (χ4n) is 2.99. The molecular formula is C17H20N6. The fourth-order valence-corrected chi connectivity index (χ4v) is 2.99. The number of imidazole rings is 1. The largest absolute Gasteiger partial charge is 0.370 e. The molecule has 118 valence electrons. The van der Waals surface area contributed by atoms with E-state index in [1.54, 1.807) is 6.33 Å². The van der Waals surface area contributed by atoms with Gasteiger partial charge in [-0.25, -0.2) is 15.0 Å². The number of nitrogens with one attached hydrogen (secondary N) is 1. The number of aromatic nitrogens is 4. The minimum Gasteiger partial charge on any atom is -0.370 e. The van der Waals surface area contributed by atoms with E-state index in [2.05, 4.69) is 31.4 Å². The molecule has 0 saturated carbocycles. The summed E-state index contributed by atoms with van der Waals surface area (Å²) in [6.45, 7) is 3.00. The van der Waals surface area contributed by atoms with Crippen molar-refractivity contribution in [1.29, 1.82) is 0 Å². The van der Waals surface area contributed by atoms with Gasteiger partial charge in [-0.15, -0.1) is 0 Å².